The Bertz CT molecular complexity index is 859. The Hall–Kier alpha value is -1.77. The molecule has 0 heterocycles. The quantitative estimate of drug-likeness (QED) is 0.263. The Balaban J connectivity index is 1.87. The van der Waals surface area contributed by atoms with E-state index in [1.165, 1.54) is 11.8 Å². The highest BCUT2D eigenvalue weighted by molar-refractivity contribution is 9.10. The Morgan fingerprint density at radius 1 is 1.29 bits per heavy atom. The topological polar surface area (TPSA) is 59.9 Å². The van der Waals surface area contributed by atoms with Gasteiger partial charge < -0.3 is 9.47 Å². The molecular weight excluding hydrogens is 508 g/mol. The molecule has 1 N–H and O–H groups in total. The van der Waals surface area contributed by atoms with Gasteiger partial charge in [-0.3, -0.25) is 4.79 Å². The second kappa shape index (κ2) is 11.9. The first-order valence-corrected chi connectivity index (χ1v) is 11.0. The van der Waals surface area contributed by atoms with E-state index < -0.39 is 0 Å². The summed E-state index contributed by atoms with van der Waals surface area (Å²) in [5.74, 6) is 2.06. The van der Waals surface area contributed by atoms with Crippen LogP contribution in [0.15, 0.2) is 63.1 Å². The summed E-state index contributed by atoms with van der Waals surface area (Å²) in [5.41, 5.74) is 4.45. The van der Waals surface area contributed by atoms with Crippen LogP contribution in [0.5, 0.6) is 11.5 Å². The van der Waals surface area contributed by atoms with E-state index in [0.29, 0.717) is 23.9 Å². The van der Waals surface area contributed by atoms with Gasteiger partial charge >= 0.3 is 0 Å². The molecular formula is C20H20Br2N2O3S. The third kappa shape index (κ3) is 7.00. The number of carbonyl (C=O) groups excluding carboxylic acids is 1. The number of amides is 1. The normalized spacial score (nSPS) is 10.7. The third-order valence-corrected chi connectivity index (χ3v) is 5.79. The molecule has 2 aromatic rings. The number of nitrogens with one attached hydrogen (secondary N) is 1. The van der Waals surface area contributed by atoms with Crippen molar-refractivity contribution in [2.45, 2.75) is 5.75 Å². The minimum absolute atomic E-state index is 0.162. The Kier molecular flexibility index (Phi) is 9.60. The Morgan fingerprint density at radius 2 is 2.07 bits per heavy atom. The van der Waals surface area contributed by atoms with Crippen molar-refractivity contribution in [3.8, 4) is 11.5 Å². The highest BCUT2D eigenvalue weighted by atomic mass is 79.9. The number of benzene rings is 2. The van der Waals surface area contributed by atoms with Crippen molar-refractivity contribution in [2.24, 2.45) is 5.10 Å². The zero-order chi connectivity index (χ0) is 20.4. The number of hydrogen-bond donors (Lipinski definition) is 1. The highest BCUT2D eigenvalue weighted by Gasteiger charge is 2.10. The molecule has 0 radical (unpaired) electrons. The average molecular weight is 528 g/mol. The van der Waals surface area contributed by atoms with Gasteiger partial charge in [0.2, 0.25) is 5.91 Å². The molecule has 0 fully saturated rings. The van der Waals surface area contributed by atoms with Crippen molar-refractivity contribution in [2.75, 3.05) is 19.5 Å². The van der Waals surface area contributed by atoms with E-state index >= 15 is 0 Å². The van der Waals surface area contributed by atoms with Crippen molar-refractivity contribution in [1.29, 1.82) is 0 Å². The number of thioether (sulfide) groups is 1. The van der Waals surface area contributed by atoms with Crippen LogP contribution in [0.1, 0.15) is 11.1 Å². The van der Waals surface area contributed by atoms with Gasteiger partial charge in [0.25, 0.3) is 0 Å². The maximum absolute atomic E-state index is 12.0. The first kappa shape index (κ1) is 22.5. The molecule has 0 atom stereocenters. The maximum atomic E-state index is 12.0. The van der Waals surface area contributed by atoms with Gasteiger partial charge in [0.05, 0.1) is 23.5 Å². The van der Waals surface area contributed by atoms with Gasteiger partial charge in [-0.05, 0) is 45.3 Å². The van der Waals surface area contributed by atoms with Crippen molar-refractivity contribution >= 4 is 55.7 Å². The molecule has 0 aromatic heterocycles. The summed E-state index contributed by atoms with van der Waals surface area (Å²) in [5, 5.41) is 4.01. The SMILES string of the molecule is C=CCOc1c(Br)cc(/C=N\NC(=O)CSCc2ccccc2Br)cc1OC. The van der Waals surface area contributed by atoms with Crippen LogP contribution < -0.4 is 14.9 Å². The predicted molar refractivity (Wildman–Crippen MR) is 122 cm³/mol. The summed E-state index contributed by atoms with van der Waals surface area (Å²) in [4.78, 5) is 12.0. The summed E-state index contributed by atoms with van der Waals surface area (Å²) in [6.45, 7) is 4.00. The van der Waals surface area contributed by atoms with Crippen LogP contribution in [0.3, 0.4) is 0 Å². The fourth-order valence-electron chi connectivity index (χ4n) is 2.18. The molecule has 2 aromatic carbocycles. The molecule has 0 saturated heterocycles. The number of halogens is 2. The van der Waals surface area contributed by atoms with Crippen LogP contribution in [-0.2, 0) is 10.5 Å². The van der Waals surface area contributed by atoms with Crippen LogP contribution in [0.4, 0.5) is 0 Å². The summed E-state index contributed by atoms with van der Waals surface area (Å²) in [7, 11) is 1.56. The predicted octanol–water partition coefficient (Wildman–Crippen LogP) is 5.17. The van der Waals surface area contributed by atoms with Crippen molar-refractivity contribution in [3.05, 3.63) is 69.1 Å². The van der Waals surface area contributed by atoms with Crippen LogP contribution in [0.25, 0.3) is 0 Å². The number of rotatable bonds is 10. The zero-order valence-electron chi connectivity index (χ0n) is 15.3. The molecule has 8 heteroatoms. The standard InChI is InChI=1S/C20H20Br2N2O3S/c1-3-8-27-20-17(22)9-14(10-18(20)26-2)11-23-24-19(25)13-28-12-15-6-4-5-7-16(15)21/h3-7,9-11H,1,8,12-13H2,2H3,(H,24,25)/b23-11-. The molecule has 0 aliphatic heterocycles. The van der Waals surface area contributed by atoms with Crippen molar-refractivity contribution < 1.29 is 14.3 Å². The lowest BCUT2D eigenvalue weighted by Gasteiger charge is -2.12. The maximum Gasteiger partial charge on any atom is 0.250 e. The number of methoxy groups -OCH3 is 1. The van der Waals surface area contributed by atoms with Gasteiger partial charge in [0, 0.05) is 10.2 Å². The first-order valence-electron chi connectivity index (χ1n) is 8.29. The lowest BCUT2D eigenvalue weighted by atomic mass is 10.2. The van der Waals surface area contributed by atoms with E-state index in [2.05, 4.69) is 49.0 Å². The third-order valence-electron chi connectivity index (χ3n) is 3.45. The van der Waals surface area contributed by atoms with E-state index in [4.69, 9.17) is 9.47 Å². The monoisotopic (exact) mass is 526 g/mol. The van der Waals surface area contributed by atoms with Crippen LogP contribution in [0.2, 0.25) is 0 Å². The molecule has 0 saturated carbocycles. The van der Waals surface area contributed by atoms with Crippen LogP contribution >= 0.6 is 43.6 Å². The molecule has 0 aliphatic rings. The second-order valence-electron chi connectivity index (χ2n) is 5.51. The largest absolute Gasteiger partial charge is 0.493 e. The lowest BCUT2D eigenvalue weighted by molar-refractivity contribution is -0.118. The van der Waals surface area contributed by atoms with Crippen molar-refractivity contribution in [3.63, 3.8) is 0 Å². The number of hydrazone groups is 1. The minimum Gasteiger partial charge on any atom is -0.493 e. The van der Waals surface area contributed by atoms with Crippen LogP contribution in [-0.4, -0.2) is 31.6 Å². The van der Waals surface area contributed by atoms with Crippen molar-refractivity contribution in [1.82, 2.24) is 5.43 Å². The summed E-state index contributed by atoms with van der Waals surface area (Å²) < 4.78 is 12.7. The fourth-order valence-corrected chi connectivity index (χ4v) is 4.19. The van der Waals surface area contributed by atoms with Gasteiger partial charge in [0.15, 0.2) is 11.5 Å². The van der Waals surface area contributed by atoms with Gasteiger partial charge in [0.1, 0.15) is 6.61 Å². The molecule has 0 bridgehead atoms. The molecule has 0 aliphatic carbocycles. The lowest BCUT2D eigenvalue weighted by Crippen LogP contribution is -2.19. The molecule has 2 rings (SSSR count). The van der Waals surface area contributed by atoms with E-state index in [0.717, 1.165) is 25.8 Å². The number of ether oxygens (including phenoxy) is 2. The molecule has 5 nitrogen and oxygen atoms in total. The number of carbonyl (C=O) groups is 1. The Morgan fingerprint density at radius 3 is 2.79 bits per heavy atom. The van der Waals surface area contributed by atoms with Gasteiger partial charge in [-0.1, -0.05) is 46.8 Å². The smallest absolute Gasteiger partial charge is 0.250 e. The van der Waals surface area contributed by atoms with Crippen LogP contribution in [0, 0.1) is 0 Å². The molecule has 0 spiro atoms. The second-order valence-corrected chi connectivity index (χ2v) is 8.21. The first-order chi connectivity index (χ1) is 13.5. The average Bonchev–Trinajstić information content (AvgIpc) is 2.68. The molecule has 1 amide bonds. The summed E-state index contributed by atoms with van der Waals surface area (Å²) >= 11 is 8.48. The Labute approximate surface area is 185 Å². The van der Waals surface area contributed by atoms with Gasteiger partial charge in [-0.25, -0.2) is 5.43 Å². The fraction of sp³-hybridized carbons (Fsp3) is 0.200. The molecule has 0 unspecified atom stereocenters. The summed E-state index contributed by atoms with van der Waals surface area (Å²) in [6.07, 6.45) is 3.21. The van der Waals surface area contributed by atoms with E-state index in [1.54, 1.807) is 25.5 Å². The number of nitrogens with zero attached hydrogens (tertiary/aromatic N) is 1. The van der Waals surface area contributed by atoms with Gasteiger partial charge in [-0.2, -0.15) is 5.10 Å². The summed E-state index contributed by atoms with van der Waals surface area (Å²) in [6, 6.07) is 11.6. The zero-order valence-corrected chi connectivity index (χ0v) is 19.3. The molecule has 148 valence electrons. The highest BCUT2D eigenvalue weighted by Crippen LogP contribution is 2.36. The van der Waals surface area contributed by atoms with E-state index in [-0.39, 0.29) is 5.91 Å². The van der Waals surface area contributed by atoms with E-state index in [1.807, 2.05) is 30.3 Å². The number of hydrogen-bond acceptors (Lipinski definition) is 5. The van der Waals surface area contributed by atoms with E-state index in [9.17, 15) is 4.79 Å². The van der Waals surface area contributed by atoms with Gasteiger partial charge in [-0.15, -0.1) is 11.8 Å². The molecule has 28 heavy (non-hydrogen) atoms. The minimum atomic E-state index is -0.162.